The molecule has 0 spiro atoms. The monoisotopic (exact) mass is 397 g/mol. The lowest BCUT2D eigenvalue weighted by Gasteiger charge is -2.34. The van der Waals surface area contributed by atoms with Crippen LogP contribution in [0.1, 0.15) is 24.5 Å². The predicted octanol–water partition coefficient (Wildman–Crippen LogP) is 5.60. The van der Waals surface area contributed by atoms with Gasteiger partial charge in [-0.3, -0.25) is 9.65 Å². The Bertz CT molecular complexity index is 986. The predicted molar refractivity (Wildman–Crippen MR) is 112 cm³/mol. The van der Waals surface area contributed by atoms with E-state index < -0.39 is 7.29 Å². The van der Waals surface area contributed by atoms with Crippen molar-refractivity contribution in [2.24, 2.45) is 0 Å². The van der Waals surface area contributed by atoms with E-state index in [1.54, 1.807) is 12.4 Å². The van der Waals surface area contributed by atoms with Gasteiger partial charge in [0.2, 0.25) is 0 Å². The Morgan fingerprint density at radius 1 is 1.04 bits per heavy atom. The highest BCUT2D eigenvalue weighted by Crippen LogP contribution is 2.45. The second kappa shape index (κ2) is 7.65. The van der Waals surface area contributed by atoms with Crippen LogP contribution in [0.25, 0.3) is 22.4 Å². The molecule has 1 saturated heterocycles. The van der Waals surface area contributed by atoms with Crippen LogP contribution in [0.2, 0.25) is 0 Å². The number of pyridine rings is 1. The average molecular weight is 397 g/mol. The maximum atomic E-state index is 13.4. The van der Waals surface area contributed by atoms with Crippen LogP contribution in [0.15, 0.2) is 54.9 Å². The van der Waals surface area contributed by atoms with Gasteiger partial charge in [0.15, 0.2) is 0 Å². The van der Waals surface area contributed by atoms with Crippen molar-refractivity contribution in [2.45, 2.75) is 18.8 Å². The number of halogens is 1. The fourth-order valence-electron chi connectivity index (χ4n) is 3.96. The molecule has 1 aliphatic heterocycles. The molecular weight excluding hydrogens is 372 g/mol. The van der Waals surface area contributed by atoms with Crippen LogP contribution in [-0.2, 0) is 4.57 Å². The van der Waals surface area contributed by atoms with Crippen molar-refractivity contribution in [1.82, 2.24) is 14.6 Å². The summed E-state index contributed by atoms with van der Waals surface area (Å²) in [7, 11) is -2.18. The van der Waals surface area contributed by atoms with Crippen molar-refractivity contribution in [3.8, 4) is 22.4 Å². The fraction of sp³-hybridized carbons (Fsp3) is 0.318. The summed E-state index contributed by atoms with van der Waals surface area (Å²) in [5.41, 5.74) is 5.33. The Morgan fingerprint density at radius 2 is 1.68 bits per heavy atom. The van der Waals surface area contributed by atoms with E-state index in [9.17, 15) is 8.96 Å². The van der Waals surface area contributed by atoms with E-state index >= 15 is 0 Å². The molecule has 0 saturated carbocycles. The van der Waals surface area contributed by atoms with Crippen molar-refractivity contribution >= 4 is 7.29 Å². The van der Waals surface area contributed by atoms with Gasteiger partial charge in [-0.2, -0.15) is 0 Å². The third-order valence-electron chi connectivity index (χ3n) is 5.56. The first-order valence-corrected chi connectivity index (χ1v) is 12.2. The first-order chi connectivity index (χ1) is 13.4. The van der Waals surface area contributed by atoms with Crippen LogP contribution in [0.5, 0.6) is 0 Å². The van der Waals surface area contributed by atoms with Crippen LogP contribution in [0, 0.1) is 5.82 Å². The van der Waals surface area contributed by atoms with E-state index in [4.69, 9.17) is 0 Å². The Hall–Kier alpha value is -2.23. The number of rotatable bonds is 4. The molecule has 4 nitrogen and oxygen atoms in total. The number of hydrogen-bond donors (Lipinski definition) is 1. The summed E-state index contributed by atoms with van der Waals surface area (Å²) >= 11 is 0. The van der Waals surface area contributed by atoms with Crippen LogP contribution in [0.3, 0.4) is 0 Å². The minimum absolute atomic E-state index is 0.239. The smallest absolute Gasteiger partial charge is 0.144 e. The topological polar surface area (TPSA) is 49.0 Å². The van der Waals surface area contributed by atoms with Crippen LogP contribution in [-0.4, -0.2) is 41.1 Å². The van der Waals surface area contributed by atoms with E-state index in [-0.39, 0.29) is 5.82 Å². The maximum Gasteiger partial charge on any atom is 0.144 e. The number of nitrogens with zero attached hydrogens (tertiary/aromatic N) is 2. The lowest BCUT2D eigenvalue weighted by Crippen LogP contribution is -2.30. The SMILES string of the molecule is CP(C)(=O)N1CCC(c2cc(-c3ccncc3)c(-c3ccc(F)cc3)[nH]2)CC1. The number of H-pyrrole nitrogens is 1. The van der Waals surface area contributed by atoms with Gasteiger partial charge in [0.1, 0.15) is 13.1 Å². The molecule has 0 amide bonds. The van der Waals surface area contributed by atoms with E-state index in [0.717, 1.165) is 48.3 Å². The first kappa shape index (κ1) is 19.1. The van der Waals surface area contributed by atoms with E-state index in [1.165, 1.54) is 17.8 Å². The van der Waals surface area contributed by atoms with Crippen molar-refractivity contribution in [3.05, 3.63) is 66.4 Å². The number of benzene rings is 1. The molecule has 1 N–H and O–H groups in total. The van der Waals surface area contributed by atoms with Gasteiger partial charge in [0.05, 0.1) is 5.69 Å². The summed E-state index contributed by atoms with van der Waals surface area (Å²) in [5, 5.41) is 0. The highest BCUT2D eigenvalue weighted by molar-refractivity contribution is 7.59. The van der Waals surface area contributed by atoms with Crippen LogP contribution >= 0.6 is 7.29 Å². The van der Waals surface area contributed by atoms with Gasteiger partial charge in [-0.25, -0.2) is 4.39 Å². The van der Waals surface area contributed by atoms with E-state index in [0.29, 0.717) is 5.92 Å². The van der Waals surface area contributed by atoms with Gasteiger partial charge < -0.3 is 9.55 Å². The molecule has 0 atom stereocenters. The molecular formula is C22H25FN3OP. The summed E-state index contributed by atoms with van der Waals surface area (Å²) in [4.78, 5) is 7.73. The quantitative estimate of drug-likeness (QED) is 0.583. The molecule has 0 unspecified atom stereocenters. The zero-order valence-electron chi connectivity index (χ0n) is 16.2. The number of aromatic amines is 1. The molecule has 2 aromatic heterocycles. The standard InChI is InChI=1S/C22H25FN3OP/c1-28(2,27)26-13-9-17(10-14-26)21-15-20(16-7-11-24-12-8-16)22(25-21)18-3-5-19(23)6-4-18/h3-8,11-12,15,17,25H,9-10,13-14H2,1-2H3. The van der Waals surface area contributed by atoms with Crippen molar-refractivity contribution < 1.29 is 8.96 Å². The molecule has 3 aromatic rings. The number of piperidine rings is 1. The van der Waals surface area contributed by atoms with Crippen molar-refractivity contribution in [2.75, 3.05) is 26.4 Å². The minimum atomic E-state index is -2.18. The largest absolute Gasteiger partial charge is 0.358 e. The minimum Gasteiger partial charge on any atom is -0.358 e. The van der Waals surface area contributed by atoms with Gasteiger partial charge in [0, 0.05) is 56.0 Å². The highest BCUT2D eigenvalue weighted by Gasteiger charge is 2.28. The van der Waals surface area contributed by atoms with Gasteiger partial charge >= 0.3 is 0 Å². The fourth-order valence-corrected chi connectivity index (χ4v) is 5.15. The third kappa shape index (κ3) is 3.96. The molecule has 146 valence electrons. The summed E-state index contributed by atoms with van der Waals surface area (Å²) in [6.07, 6.45) is 5.53. The number of aromatic nitrogens is 2. The zero-order chi connectivity index (χ0) is 19.7. The molecule has 1 aromatic carbocycles. The van der Waals surface area contributed by atoms with Crippen LogP contribution in [0.4, 0.5) is 4.39 Å². The lowest BCUT2D eigenvalue weighted by molar-refractivity contribution is 0.318. The molecule has 0 radical (unpaired) electrons. The molecule has 28 heavy (non-hydrogen) atoms. The molecule has 0 bridgehead atoms. The van der Waals surface area contributed by atoms with Gasteiger partial charge in [0.25, 0.3) is 0 Å². The Labute approximate surface area is 165 Å². The third-order valence-corrected chi connectivity index (χ3v) is 7.32. The molecule has 1 fully saturated rings. The number of nitrogens with one attached hydrogen (secondary N) is 1. The summed E-state index contributed by atoms with van der Waals surface area (Å²) in [6, 6.07) is 12.8. The van der Waals surface area contributed by atoms with E-state index in [2.05, 4.69) is 20.7 Å². The van der Waals surface area contributed by atoms with Crippen molar-refractivity contribution in [1.29, 1.82) is 0 Å². The second-order valence-corrected chi connectivity index (χ2v) is 10.9. The zero-order valence-corrected chi connectivity index (χ0v) is 17.1. The van der Waals surface area contributed by atoms with Gasteiger partial charge in [-0.05, 0) is 66.4 Å². The van der Waals surface area contributed by atoms with E-state index in [1.807, 2.05) is 37.6 Å². The molecule has 1 aliphatic rings. The lowest BCUT2D eigenvalue weighted by atomic mass is 9.94. The van der Waals surface area contributed by atoms with Crippen LogP contribution < -0.4 is 0 Å². The van der Waals surface area contributed by atoms with Crippen molar-refractivity contribution in [3.63, 3.8) is 0 Å². The Balaban J connectivity index is 1.68. The number of hydrogen-bond acceptors (Lipinski definition) is 2. The molecule has 3 heterocycles. The normalized spacial score (nSPS) is 16.4. The summed E-state index contributed by atoms with van der Waals surface area (Å²) < 4.78 is 27.9. The molecule has 6 heteroatoms. The average Bonchev–Trinajstić information content (AvgIpc) is 3.14. The maximum absolute atomic E-state index is 13.4. The summed E-state index contributed by atoms with van der Waals surface area (Å²) in [6.45, 7) is 5.39. The summed E-state index contributed by atoms with van der Waals surface area (Å²) in [5.74, 6) is 0.162. The highest BCUT2D eigenvalue weighted by atomic mass is 31.2. The van der Waals surface area contributed by atoms with Gasteiger partial charge in [-0.1, -0.05) is 0 Å². The van der Waals surface area contributed by atoms with Gasteiger partial charge in [-0.15, -0.1) is 0 Å². The molecule has 0 aliphatic carbocycles. The second-order valence-electron chi connectivity index (χ2n) is 7.78. The Morgan fingerprint density at radius 3 is 2.29 bits per heavy atom. The first-order valence-electron chi connectivity index (χ1n) is 9.61. The Kier molecular flexibility index (Phi) is 5.22. The molecule has 4 rings (SSSR count).